The molecule has 0 nitrogen and oxygen atoms in total. The van der Waals surface area contributed by atoms with Crippen LogP contribution in [0.3, 0.4) is 0 Å². The normalized spacial score (nSPS) is 11.3. The van der Waals surface area contributed by atoms with Crippen LogP contribution in [0.15, 0.2) is 58.3 Å². The van der Waals surface area contributed by atoms with Crippen molar-refractivity contribution in [3.05, 3.63) is 59.7 Å². The Morgan fingerprint density at radius 1 is 0.550 bits per heavy atom. The molecule has 0 N–H and O–H groups in total. The van der Waals surface area contributed by atoms with Crippen LogP contribution in [0.5, 0.6) is 0 Å². The van der Waals surface area contributed by atoms with Crippen molar-refractivity contribution in [3.8, 4) is 0 Å². The van der Waals surface area contributed by atoms with Gasteiger partial charge in [-0.15, -0.1) is 0 Å². The lowest BCUT2D eigenvalue weighted by atomic mass is 10.0. The van der Waals surface area contributed by atoms with Crippen molar-refractivity contribution in [1.82, 2.24) is 0 Å². The molecule has 0 saturated heterocycles. The molecule has 106 valence electrons. The first-order valence-corrected chi connectivity index (χ1v) is 9.25. The van der Waals surface area contributed by atoms with E-state index in [1.54, 1.807) is 0 Å². The number of hydrogen-bond donors (Lipinski definition) is 0. The molecule has 0 spiro atoms. The Kier molecular flexibility index (Phi) is 5.62. The van der Waals surface area contributed by atoms with Crippen molar-refractivity contribution in [2.75, 3.05) is 0 Å². The Morgan fingerprint density at radius 2 is 0.850 bits per heavy atom. The molecule has 0 aliphatic rings. The highest BCUT2D eigenvalue weighted by molar-refractivity contribution is 8.76. The van der Waals surface area contributed by atoms with E-state index in [9.17, 15) is 0 Å². The summed E-state index contributed by atoms with van der Waals surface area (Å²) in [6, 6.07) is 17.8. The van der Waals surface area contributed by atoms with Crippen molar-refractivity contribution in [3.63, 3.8) is 0 Å². The van der Waals surface area contributed by atoms with Gasteiger partial charge in [0.05, 0.1) is 0 Å². The van der Waals surface area contributed by atoms with Crippen LogP contribution in [0.2, 0.25) is 0 Å². The van der Waals surface area contributed by atoms with Gasteiger partial charge in [0.15, 0.2) is 0 Å². The van der Waals surface area contributed by atoms with E-state index < -0.39 is 0 Å². The fraction of sp³-hybridized carbons (Fsp3) is 0.333. The molecule has 0 unspecified atom stereocenters. The van der Waals surface area contributed by atoms with Crippen LogP contribution in [-0.4, -0.2) is 0 Å². The van der Waals surface area contributed by atoms with E-state index in [4.69, 9.17) is 0 Å². The van der Waals surface area contributed by atoms with Gasteiger partial charge in [-0.1, -0.05) is 73.5 Å². The van der Waals surface area contributed by atoms with E-state index >= 15 is 0 Å². The maximum atomic E-state index is 2.23. The number of rotatable bonds is 5. The van der Waals surface area contributed by atoms with Gasteiger partial charge < -0.3 is 0 Å². The molecular formula is C18H22S2. The van der Waals surface area contributed by atoms with E-state index in [0.29, 0.717) is 11.8 Å². The fourth-order valence-electron chi connectivity index (χ4n) is 1.91. The van der Waals surface area contributed by atoms with Crippen LogP contribution < -0.4 is 0 Å². The van der Waals surface area contributed by atoms with Crippen LogP contribution in [0.4, 0.5) is 0 Å². The fourth-order valence-corrected chi connectivity index (χ4v) is 3.84. The summed E-state index contributed by atoms with van der Waals surface area (Å²) < 4.78 is 0. The van der Waals surface area contributed by atoms with Crippen LogP contribution in [0.25, 0.3) is 0 Å². The number of hydrogen-bond acceptors (Lipinski definition) is 2. The first-order chi connectivity index (χ1) is 9.56. The van der Waals surface area contributed by atoms with Crippen molar-refractivity contribution < 1.29 is 0 Å². The molecular weight excluding hydrogens is 280 g/mol. The Hall–Kier alpha value is -0.860. The quantitative estimate of drug-likeness (QED) is 0.561. The van der Waals surface area contributed by atoms with Crippen LogP contribution in [-0.2, 0) is 0 Å². The SMILES string of the molecule is CC(C)c1ccc(SSc2ccc(C(C)C)cc2)cc1. The summed E-state index contributed by atoms with van der Waals surface area (Å²) in [4.78, 5) is 2.62. The maximum Gasteiger partial charge on any atom is 0.0186 e. The van der Waals surface area contributed by atoms with Crippen molar-refractivity contribution in [2.24, 2.45) is 0 Å². The van der Waals surface area contributed by atoms with E-state index in [2.05, 4.69) is 76.2 Å². The monoisotopic (exact) mass is 302 g/mol. The van der Waals surface area contributed by atoms with E-state index in [1.165, 1.54) is 20.9 Å². The molecule has 0 radical (unpaired) electrons. The Morgan fingerprint density at radius 3 is 1.10 bits per heavy atom. The lowest BCUT2D eigenvalue weighted by Crippen LogP contribution is -1.85. The third-order valence-corrected chi connectivity index (χ3v) is 5.74. The van der Waals surface area contributed by atoms with E-state index in [-0.39, 0.29) is 0 Å². The van der Waals surface area contributed by atoms with Gasteiger partial charge in [-0.05, 0) is 47.2 Å². The molecule has 2 heteroatoms. The second-order valence-electron chi connectivity index (χ2n) is 5.61. The average molecular weight is 303 g/mol. The zero-order valence-corrected chi connectivity index (χ0v) is 14.2. The van der Waals surface area contributed by atoms with Crippen molar-refractivity contribution >= 4 is 21.6 Å². The summed E-state index contributed by atoms with van der Waals surface area (Å²) in [7, 11) is 3.65. The topological polar surface area (TPSA) is 0 Å². The summed E-state index contributed by atoms with van der Waals surface area (Å²) in [5.41, 5.74) is 2.81. The first kappa shape index (κ1) is 15.5. The first-order valence-electron chi connectivity index (χ1n) is 7.10. The largest absolute Gasteiger partial charge is 0.0587 e. The van der Waals surface area contributed by atoms with Gasteiger partial charge in [0.25, 0.3) is 0 Å². The van der Waals surface area contributed by atoms with E-state index in [0.717, 1.165) is 0 Å². The molecule has 0 amide bonds. The van der Waals surface area contributed by atoms with E-state index in [1.807, 2.05) is 21.6 Å². The molecule has 0 saturated carbocycles. The predicted molar refractivity (Wildman–Crippen MR) is 92.8 cm³/mol. The second-order valence-corrected chi connectivity index (χ2v) is 7.89. The summed E-state index contributed by atoms with van der Waals surface area (Å²) in [6.45, 7) is 8.92. The minimum Gasteiger partial charge on any atom is -0.0587 e. The van der Waals surface area contributed by atoms with Gasteiger partial charge >= 0.3 is 0 Å². The van der Waals surface area contributed by atoms with Gasteiger partial charge in [0.1, 0.15) is 0 Å². The molecule has 0 aromatic heterocycles. The zero-order valence-electron chi connectivity index (χ0n) is 12.6. The lowest BCUT2D eigenvalue weighted by molar-refractivity contribution is 0.865. The van der Waals surface area contributed by atoms with Gasteiger partial charge in [-0.2, -0.15) is 0 Å². The summed E-state index contributed by atoms with van der Waals surface area (Å²) in [5.74, 6) is 1.20. The third-order valence-electron chi connectivity index (χ3n) is 3.33. The lowest BCUT2D eigenvalue weighted by Gasteiger charge is -2.08. The van der Waals surface area contributed by atoms with Gasteiger partial charge in [0, 0.05) is 9.79 Å². The highest BCUT2D eigenvalue weighted by Gasteiger charge is 2.02. The molecule has 20 heavy (non-hydrogen) atoms. The highest BCUT2D eigenvalue weighted by Crippen LogP contribution is 2.38. The summed E-state index contributed by atoms with van der Waals surface area (Å²) in [6.07, 6.45) is 0. The predicted octanol–water partition coefficient (Wildman–Crippen LogP) is 6.73. The molecule has 2 aromatic carbocycles. The summed E-state index contributed by atoms with van der Waals surface area (Å²) >= 11 is 0. The minimum absolute atomic E-state index is 0.602. The smallest absolute Gasteiger partial charge is 0.0186 e. The van der Waals surface area contributed by atoms with Gasteiger partial charge in [0.2, 0.25) is 0 Å². The van der Waals surface area contributed by atoms with Crippen LogP contribution in [0, 0.1) is 0 Å². The molecule has 0 aliphatic carbocycles. The van der Waals surface area contributed by atoms with Crippen molar-refractivity contribution in [1.29, 1.82) is 0 Å². The minimum atomic E-state index is 0.602. The van der Waals surface area contributed by atoms with Crippen LogP contribution >= 0.6 is 21.6 Å². The van der Waals surface area contributed by atoms with Gasteiger partial charge in [-0.25, -0.2) is 0 Å². The highest BCUT2D eigenvalue weighted by atomic mass is 33.1. The third kappa shape index (κ3) is 4.32. The van der Waals surface area contributed by atoms with Crippen LogP contribution in [0.1, 0.15) is 50.7 Å². The Labute approximate surface area is 130 Å². The zero-order chi connectivity index (χ0) is 14.5. The Bertz CT molecular complexity index is 473. The summed E-state index contributed by atoms with van der Waals surface area (Å²) in [5, 5.41) is 0. The molecule has 2 aromatic rings. The molecule has 0 atom stereocenters. The molecule has 0 aliphatic heterocycles. The standard InChI is InChI=1S/C18H22S2/c1-13(2)15-5-9-17(10-6-15)19-20-18-11-7-16(8-12-18)14(3)4/h5-14H,1-4H3. The second kappa shape index (κ2) is 7.24. The molecule has 0 bridgehead atoms. The number of benzene rings is 2. The van der Waals surface area contributed by atoms with Gasteiger partial charge in [-0.3, -0.25) is 0 Å². The Balaban J connectivity index is 1.94. The average Bonchev–Trinajstić information content (AvgIpc) is 2.46. The van der Waals surface area contributed by atoms with Crippen molar-refractivity contribution in [2.45, 2.75) is 49.3 Å². The maximum absolute atomic E-state index is 2.23. The molecule has 2 rings (SSSR count). The molecule has 0 heterocycles. The molecule has 0 fully saturated rings.